The zero-order chi connectivity index (χ0) is 22.0. The highest BCUT2D eigenvalue weighted by molar-refractivity contribution is 7.26. The van der Waals surface area contributed by atoms with Crippen LogP contribution < -0.4 is 0 Å². The van der Waals surface area contributed by atoms with E-state index < -0.39 is 0 Å². The third kappa shape index (κ3) is 2.01. The predicted molar refractivity (Wildman–Crippen MR) is 153 cm³/mol. The van der Waals surface area contributed by atoms with Crippen molar-refractivity contribution in [2.75, 3.05) is 0 Å². The van der Waals surface area contributed by atoms with Crippen molar-refractivity contribution in [2.24, 2.45) is 0 Å². The molecule has 0 spiro atoms. The predicted octanol–water partition coefficient (Wildman–Crippen LogP) is 10.5. The maximum absolute atomic E-state index is 2.47. The van der Waals surface area contributed by atoms with Gasteiger partial charge in [0.2, 0.25) is 0 Å². The lowest BCUT2D eigenvalue weighted by Gasteiger charge is -2.16. The zero-order valence-corrected chi connectivity index (χ0v) is 19.7. The topological polar surface area (TPSA) is 0 Å². The minimum absolute atomic E-state index is 1.36. The zero-order valence-electron chi connectivity index (χ0n) is 18.1. The lowest BCUT2D eigenvalue weighted by atomic mass is 9.87. The molecule has 0 amide bonds. The first kappa shape index (κ1) is 17.7. The first-order chi connectivity index (χ1) is 16.9. The molecule has 0 aliphatic rings. The molecular weight excluding hydrogens is 448 g/mol. The van der Waals surface area contributed by atoms with E-state index in [0.717, 1.165) is 0 Å². The lowest BCUT2D eigenvalue weighted by Crippen LogP contribution is -1.87. The summed E-state index contributed by atoms with van der Waals surface area (Å²) in [7, 11) is 0. The van der Waals surface area contributed by atoms with Gasteiger partial charge in [-0.1, -0.05) is 72.8 Å². The fourth-order valence-corrected chi connectivity index (χ4v) is 8.59. The monoisotopic (exact) mass is 464 g/mol. The van der Waals surface area contributed by atoms with Gasteiger partial charge in [0.15, 0.2) is 0 Å². The molecule has 0 nitrogen and oxygen atoms in total. The molecule has 0 aliphatic carbocycles. The van der Waals surface area contributed by atoms with E-state index in [2.05, 4.69) is 97.1 Å². The number of fused-ring (bicyclic) bond motifs is 10. The van der Waals surface area contributed by atoms with Crippen LogP contribution in [0.25, 0.3) is 83.4 Å². The molecule has 0 bridgehead atoms. The summed E-state index contributed by atoms with van der Waals surface area (Å²) in [5.74, 6) is 0. The molecule has 9 rings (SSSR count). The summed E-state index contributed by atoms with van der Waals surface area (Å²) < 4.78 is 5.49. The van der Waals surface area contributed by atoms with Crippen molar-refractivity contribution in [2.45, 2.75) is 0 Å². The summed E-state index contributed by atoms with van der Waals surface area (Å²) in [4.78, 5) is 0. The molecule has 156 valence electrons. The van der Waals surface area contributed by atoms with Crippen molar-refractivity contribution in [1.29, 1.82) is 0 Å². The van der Waals surface area contributed by atoms with Crippen molar-refractivity contribution in [3.8, 4) is 0 Å². The van der Waals surface area contributed by atoms with Crippen molar-refractivity contribution < 1.29 is 0 Å². The van der Waals surface area contributed by atoms with E-state index >= 15 is 0 Å². The van der Waals surface area contributed by atoms with Gasteiger partial charge in [0.25, 0.3) is 0 Å². The van der Waals surface area contributed by atoms with Crippen LogP contribution >= 0.6 is 22.7 Å². The Bertz CT molecular complexity index is 2110. The van der Waals surface area contributed by atoms with Crippen LogP contribution in [-0.4, -0.2) is 0 Å². The molecule has 0 saturated heterocycles. The first-order valence-corrected chi connectivity index (χ1v) is 13.2. The van der Waals surface area contributed by atoms with Gasteiger partial charge in [-0.15, -0.1) is 22.7 Å². The van der Waals surface area contributed by atoms with Crippen LogP contribution in [0, 0.1) is 0 Å². The van der Waals surface area contributed by atoms with Gasteiger partial charge >= 0.3 is 0 Å². The highest BCUT2D eigenvalue weighted by atomic mass is 32.1. The van der Waals surface area contributed by atoms with E-state index in [0.29, 0.717) is 0 Å². The molecule has 2 aromatic heterocycles. The average Bonchev–Trinajstić information content (AvgIpc) is 3.45. The molecule has 0 unspecified atom stereocenters. The molecule has 0 atom stereocenters. The van der Waals surface area contributed by atoms with Crippen molar-refractivity contribution in [3.63, 3.8) is 0 Å². The van der Waals surface area contributed by atoms with Gasteiger partial charge in [0.1, 0.15) is 0 Å². The molecule has 34 heavy (non-hydrogen) atoms. The van der Waals surface area contributed by atoms with E-state index in [4.69, 9.17) is 0 Å². The molecule has 0 N–H and O–H groups in total. The number of hydrogen-bond acceptors (Lipinski definition) is 2. The first-order valence-electron chi connectivity index (χ1n) is 11.6. The second-order valence-corrected chi connectivity index (χ2v) is 11.4. The standard InChI is InChI=1S/C32H16S2/c1-3-13-25-19(7-1)31-21-11-5-9-17-18-10-6-12-22-30(18)24(23(29(17)21)15-27(31)33-25)16-28-32(22)20-8-2-4-14-26(20)34-28/h1-16H. The van der Waals surface area contributed by atoms with Crippen LogP contribution in [0.2, 0.25) is 0 Å². The summed E-state index contributed by atoms with van der Waals surface area (Å²) >= 11 is 3.83. The number of rotatable bonds is 0. The van der Waals surface area contributed by atoms with Crippen molar-refractivity contribution in [3.05, 3.63) is 97.1 Å². The molecule has 2 heteroatoms. The summed E-state index contributed by atoms with van der Waals surface area (Å²) in [6.45, 7) is 0. The van der Waals surface area contributed by atoms with Gasteiger partial charge in [0, 0.05) is 40.3 Å². The Morgan fingerprint density at radius 1 is 0.294 bits per heavy atom. The SMILES string of the molecule is c1ccc2c(c1)sc1cc3c4cc5sc6ccccc6c5c5cccc(c6cccc(c12)c63)c45. The number of hydrogen-bond donors (Lipinski definition) is 0. The molecule has 9 aromatic rings. The fourth-order valence-electron chi connectivity index (χ4n) is 6.27. The van der Waals surface area contributed by atoms with Crippen molar-refractivity contribution >= 4 is 106 Å². The third-order valence-electron chi connectivity index (χ3n) is 7.58. The summed E-state index contributed by atoms with van der Waals surface area (Å²) in [5.41, 5.74) is 0. The minimum Gasteiger partial charge on any atom is -0.135 e. The largest absolute Gasteiger partial charge is 0.135 e. The Labute approximate surface area is 202 Å². The average molecular weight is 465 g/mol. The second-order valence-electron chi connectivity index (χ2n) is 9.25. The number of benzene rings is 7. The lowest BCUT2D eigenvalue weighted by molar-refractivity contribution is 1.84. The summed E-state index contributed by atoms with van der Waals surface area (Å²) in [6.07, 6.45) is 0. The van der Waals surface area contributed by atoms with Crippen LogP contribution in [0.4, 0.5) is 0 Å². The second kappa shape index (κ2) is 6.04. The van der Waals surface area contributed by atoms with Crippen LogP contribution in [0.5, 0.6) is 0 Å². The quantitative estimate of drug-likeness (QED) is 0.155. The highest BCUT2D eigenvalue weighted by Gasteiger charge is 2.19. The Kier molecular flexibility index (Phi) is 3.15. The third-order valence-corrected chi connectivity index (χ3v) is 9.82. The van der Waals surface area contributed by atoms with Crippen LogP contribution in [0.1, 0.15) is 0 Å². The van der Waals surface area contributed by atoms with Crippen LogP contribution in [0.3, 0.4) is 0 Å². The maximum Gasteiger partial charge on any atom is 0.0368 e. The molecule has 0 saturated carbocycles. The van der Waals surface area contributed by atoms with Crippen LogP contribution in [-0.2, 0) is 0 Å². The van der Waals surface area contributed by atoms with E-state index in [9.17, 15) is 0 Å². The van der Waals surface area contributed by atoms with E-state index in [1.54, 1.807) is 0 Å². The van der Waals surface area contributed by atoms with Gasteiger partial charge in [-0.3, -0.25) is 0 Å². The van der Waals surface area contributed by atoms with Gasteiger partial charge in [-0.2, -0.15) is 0 Å². The smallest absolute Gasteiger partial charge is 0.0368 e. The van der Waals surface area contributed by atoms with E-state index in [-0.39, 0.29) is 0 Å². The summed E-state index contributed by atoms with van der Waals surface area (Å²) in [6, 6.07) is 36.4. The summed E-state index contributed by atoms with van der Waals surface area (Å²) in [5, 5.41) is 16.6. The molecule has 0 aliphatic heterocycles. The maximum atomic E-state index is 2.47. The Morgan fingerprint density at radius 3 is 1.21 bits per heavy atom. The minimum atomic E-state index is 1.36. The van der Waals surface area contributed by atoms with Gasteiger partial charge in [-0.25, -0.2) is 0 Å². The number of thiophene rings is 2. The normalized spacial score (nSPS) is 12.7. The molecule has 0 radical (unpaired) electrons. The molecular formula is C32H16S2. The van der Waals surface area contributed by atoms with Gasteiger partial charge in [-0.05, 0) is 67.4 Å². The Hall–Kier alpha value is -3.72. The molecule has 2 heterocycles. The molecule has 7 aromatic carbocycles. The molecule has 0 fully saturated rings. The van der Waals surface area contributed by atoms with Gasteiger partial charge < -0.3 is 0 Å². The Morgan fingerprint density at radius 2 is 0.706 bits per heavy atom. The van der Waals surface area contributed by atoms with E-state index in [1.807, 2.05) is 22.7 Å². The van der Waals surface area contributed by atoms with Gasteiger partial charge in [0.05, 0.1) is 0 Å². The van der Waals surface area contributed by atoms with E-state index in [1.165, 1.54) is 83.4 Å². The highest BCUT2D eigenvalue weighted by Crippen LogP contribution is 2.49. The van der Waals surface area contributed by atoms with Crippen LogP contribution in [0.15, 0.2) is 97.1 Å². The Balaban J connectivity index is 1.65. The van der Waals surface area contributed by atoms with Crippen molar-refractivity contribution in [1.82, 2.24) is 0 Å². The fraction of sp³-hybridized carbons (Fsp3) is 0.